The average molecular weight is 826 g/mol. The molecular weight excluding hydrogens is 775 g/mol. The lowest BCUT2D eigenvalue weighted by molar-refractivity contribution is -0.126. The summed E-state index contributed by atoms with van der Waals surface area (Å²) >= 11 is 0. The molecular formula is C45H51F4N9O2. The maximum atomic E-state index is 16.3. The van der Waals surface area contributed by atoms with Crippen LogP contribution in [0.1, 0.15) is 71.3 Å². The zero-order valence-electron chi connectivity index (χ0n) is 34.1. The van der Waals surface area contributed by atoms with Gasteiger partial charge >= 0.3 is 0 Å². The summed E-state index contributed by atoms with van der Waals surface area (Å²) in [5.74, 6) is -1.26. The summed E-state index contributed by atoms with van der Waals surface area (Å²) in [4.78, 5) is 39.0. The summed E-state index contributed by atoms with van der Waals surface area (Å²) in [6, 6.07) is 8.80. The minimum atomic E-state index is -2.66. The Hall–Kier alpha value is -5.15. The number of likely N-dealkylation sites (N-methyl/N-ethyl adjacent to an activating group) is 1. The van der Waals surface area contributed by atoms with Crippen LogP contribution in [0, 0.1) is 17.6 Å². The third kappa shape index (κ3) is 6.59. The molecule has 4 aromatic rings. The average Bonchev–Trinajstić information content (AvgIpc) is 3.83. The van der Waals surface area contributed by atoms with Crippen molar-refractivity contribution in [1.29, 1.82) is 0 Å². The quantitative estimate of drug-likeness (QED) is 0.218. The SMILES string of the molecule is C=C1CCC(N2Cc3c(ccc4c3N(C)C[C@@H]3CN(CC5CCN(c6cc(F)c([C@@H]7c8ccc9[nH]ncc9c8CC(C)N7CC(F)F)c(F)c6)CC5)CCN43)C2=O)C(=O)N1. The van der Waals surface area contributed by atoms with E-state index in [4.69, 9.17) is 0 Å². The van der Waals surface area contributed by atoms with E-state index in [1.165, 1.54) is 17.0 Å². The molecule has 2 N–H and O–H groups in total. The van der Waals surface area contributed by atoms with Gasteiger partial charge in [-0.3, -0.25) is 24.5 Å². The molecule has 0 bridgehead atoms. The first-order valence-corrected chi connectivity index (χ1v) is 21.3. The number of fused-ring (bicyclic) bond motifs is 8. The number of nitrogens with one attached hydrogen (secondary N) is 2. The van der Waals surface area contributed by atoms with Crippen LogP contribution >= 0.6 is 0 Å². The van der Waals surface area contributed by atoms with Gasteiger partial charge in [0.25, 0.3) is 12.3 Å². The van der Waals surface area contributed by atoms with Crippen LogP contribution in [0.4, 0.5) is 34.6 Å². The molecule has 0 radical (unpaired) electrons. The number of piperazine rings is 1. The van der Waals surface area contributed by atoms with E-state index in [-0.39, 0.29) is 29.5 Å². The Morgan fingerprint density at radius 2 is 1.73 bits per heavy atom. The predicted molar refractivity (Wildman–Crippen MR) is 223 cm³/mol. The molecule has 7 heterocycles. The van der Waals surface area contributed by atoms with Gasteiger partial charge in [0.05, 0.1) is 41.7 Å². The van der Waals surface area contributed by atoms with Gasteiger partial charge in [-0.2, -0.15) is 5.10 Å². The van der Waals surface area contributed by atoms with Crippen molar-refractivity contribution < 1.29 is 27.2 Å². The number of piperidine rings is 2. The van der Waals surface area contributed by atoms with Gasteiger partial charge in [0.1, 0.15) is 17.7 Å². The molecule has 0 aliphatic carbocycles. The second kappa shape index (κ2) is 15.1. The van der Waals surface area contributed by atoms with Crippen LogP contribution in [0.2, 0.25) is 0 Å². The highest BCUT2D eigenvalue weighted by molar-refractivity contribution is 6.04. The van der Waals surface area contributed by atoms with Gasteiger partial charge in [0.2, 0.25) is 5.91 Å². The van der Waals surface area contributed by atoms with Crippen LogP contribution in [-0.4, -0.2) is 121 Å². The molecule has 15 heteroatoms. The van der Waals surface area contributed by atoms with E-state index in [2.05, 4.69) is 49.9 Å². The molecule has 1 aromatic heterocycles. The van der Waals surface area contributed by atoms with Crippen molar-refractivity contribution in [2.24, 2.45) is 5.92 Å². The van der Waals surface area contributed by atoms with E-state index in [0.717, 1.165) is 79.0 Å². The number of hydrogen-bond acceptors (Lipinski definition) is 8. The smallest absolute Gasteiger partial charge is 0.255 e. The van der Waals surface area contributed by atoms with Gasteiger partial charge in [-0.05, 0) is 86.4 Å². The van der Waals surface area contributed by atoms with Crippen LogP contribution in [-0.2, 0) is 17.8 Å². The number of amides is 2. The molecule has 11 nitrogen and oxygen atoms in total. The first kappa shape index (κ1) is 39.0. The zero-order valence-corrected chi connectivity index (χ0v) is 34.1. The molecule has 0 saturated carbocycles. The maximum Gasteiger partial charge on any atom is 0.255 e. The van der Waals surface area contributed by atoms with Crippen molar-refractivity contribution in [3.05, 3.63) is 94.3 Å². The topological polar surface area (TPSA) is 94.3 Å². The van der Waals surface area contributed by atoms with E-state index in [1.807, 2.05) is 17.9 Å². The predicted octanol–water partition coefficient (Wildman–Crippen LogP) is 6.05. The normalized spacial score (nSPS) is 25.2. The number of alkyl halides is 2. The highest BCUT2D eigenvalue weighted by Crippen LogP contribution is 2.46. The molecule has 6 aliphatic heterocycles. The number of rotatable bonds is 7. The molecule has 4 atom stereocenters. The fraction of sp³-hybridized carbons (Fsp3) is 0.489. The van der Waals surface area contributed by atoms with Crippen molar-refractivity contribution in [3.8, 4) is 0 Å². The van der Waals surface area contributed by atoms with Gasteiger partial charge in [0.15, 0.2) is 0 Å². The number of H-pyrrole nitrogens is 1. The summed E-state index contributed by atoms with van der Waals surface area (Å²) in [6.45, 7) is 11.3. The highest BCUT2D eigenvalue weighted by atomic mass is 19.3. The van der Waals surface area contributed by atoms with Gasteiger partial charge < -0.3 is 24.9 Å². The fourth-order valence-electron chi connectivity index (χ4n) is 11.3. The van der Waals surface area contributed by atoms with Crippen LogP contribution < -0.4 is 20.0 Å². The Balaban J connectivity index is 0.796. The molecule has 3 saturated heterocycles. The highest BCUT2D eigenvalue weighted by Gasteiger charge is 2.44. The number of aromatic nitrogens is 2. The third-order valence-corrected chi connectivity index (χ3v) is 14.2. The number of anilines is 3. The summed E-state index contributed by atoms with van der Waals surface area (Å²) in [6.07, 6.45) is 2.51. The fourth-order valence-corrected chi connectivity index (χ4v) is 11.3. The molecule has 2 unspecified atom stereocenters. The van der Waals surface area contributed by atoms with Crippen molar-refractivity contribution in [2.75, 3.05) is 74.1 Å². The van der Waals surface area contributed by atoms with Crippen LogP contribution in [0.3, 0.4) is 0 Å². The third-order valence-electron chi connectivity index (χ3n) is 14.2. The van der Waals surface area contributed by atoms with Crippen LogP contribution in [0.15, 0.2) is 54.9 Å². The molecule has 3 fully saturated rings. The van der Waals surface area contributed by atoms with Crippen LogP contribution in [0.25, 0.3) is 10.9 Å². The Bertz CT molecular complexity index is 2360. The summed E-state index contributed by atoms with van der Waals surface area (Å²) < 4.78 is 60.5. The Morgan fingerprint density at radius 1 is 0.950 bits per heavy atom. The number of carbonyl (C=O) groups excluding carboxylic acids is 2. The number of carbonyl (C=O) groups is 2. The largest absolute Gasteiger partial charge is 0.371 e. The molecule has 10 rings (SSSR count). The summed E-state index contributed by atoms with van der Waals surface area (Å²) in [5.41, 5.74) is 7.19. The number of nitrogens with zero attached hydrogens (tertiary/aromatic N) is 7. The Kier molecular flexibility index (Phi) is 9.81. The van der Waals surface area contributed by atoms with E-state index in [0.29, 0.717) is 67.3 Å². The van der Waals surface area contributed by atoms with E-state index in [1.54, 1.807) is 23.2 Å². The van der Waals surface area contributed by atoms with Gasteiger partial charge in [-0.25, -0.2) is 17.6 Å². The summed E-state index contributed by atoms with van der Waals surface area (Å²) in [7, 11) is 2.10. The second-order valence-corrected chi connectivity index (χ2v) is 17.8. The minimum Gasteiger partial charge on any atom is -0.371 e. The monoisotopic (exact) mass is 825 g/mol. The lowest BCUT2D eigenvalue weighted by Crippen LogP contribution is -2.60. The van der Waals surface area contributed by atoms with Crippen molar-refractivity contribution in [2.45, 2.75) is 76.2 Å². The van der Waals surface area contributed by atoms with Crippen LogP contribution in [0.5, 0.6) is 0 Å². The van der Waals surface area contributed by atoms with E-state index in [9.17, 15) is 18.4 Å². The van der Waals surface area contributed by atoms with E-state index >= 15 is 8.78 Å². The second-order valence-electron chi connectivity index (χ2n) is 17.8. The molecule has 2 amide bonds. The molecule has 6 aliphatic rings. The molecule has 0 spiro atoms. The van der Waals surface area contributed by atoms with Gasteiger partial charge in [0, 0.05) is 98.9 Å². The number of benzene rings is 3. The minimum absolute atomic E-state index is 0.0879. The Morgan fingerprint density at radius 3 is 2.48 bits per heavy atom. The standard InChI is InChI=1S/C45H51F4N9O2/c1-25-4-8-39(44(59)51-25)58-23-34-31(45(58)60)6-9-38-42(34)53(3)21-29-22-54(14-15-56(29)38)20-27-10-12-55(13-11-27)28-17-35(46)41(36(47)18-28)43-30-5-7-37-33(19-50-52-37)32(30)16-26(2)57(43)24-40(48)49/h5-7,9,17-19,26-27,29,39-40,43H,1,4,8,10-16,20-24H2,2-3H3,(H,50,52)(H,51,59)/t26?,29-,39?,43+/m1/s1. The van der Waals surface area contributed by atoms with Crippen molar-refractivity contribution in [3.63, 3.8) is 0 Å². The molecule has 60 heavy (non-hydrogen) atoms. The Labute approximate surface area is 346 Å². The number of aromatic amines is 1. The van der Waals surface area contributed by atoms with Crippen molar-refractivity contribution >= 4 is 39.8 Å². The number of allylic oxidation sites excluding steroid dienone is 1. The first-order valence-electron chi connectivity index (χ1n) is 21.3. The van der Waals surface area contributed by atoms with Crippen molar-refractivity contribution in [1.82, 2.24) is 30.2 Å². The number of halogens is 4. The van der Waals surface area contributed by atoms with E-state index < -0.39 is 36.7 Å². The van der Waals surface area contributed by atoms with Gasteiger partial charge in [-0.15, -0.1) is 0 Å². The summed E-state index contributed by atoms with van der Waals surface area (Å²) in [5, 5.41) is 10.8. The number of hydrogen-bond donors (Lipinski definition) is 2. The lowest BCUT2D eigenvalue weighted by atomic mass is 9.83. The molecule has 3 aromatic carbocycles. The maximum absolute atomic E-state index is 16.3. The zero-order chi connectivity index (χ0) is 41.6. The molecule has 316 valence electrons. The lowest BCUT2D eigenvalue weighted by Gasteiger charge is -2.50. The first-order chi connectivity index (χ1) is 28.9. The van der Waals surface area contributed by atoms with Gasteiger partial charge in [-0.1, -0.05) is 12.6 Å².